The summed E-state index contributed by atoms with van der Waals surface area (Å²) in [6.07, 6.45) is 6.99. The van der Waals surface area contributed by atoms with Crippen LogP contribution >= 0.6 is 0 Å². The van der Waals surface area contributed by atoms with Crippen molar-refractivity contribution in [3.05, 3.63) is 71.0 Å². The van der Waals surface area contributed by atoms with Gasteiger partial charge in [-0.05, 0) is 55.9 Å². The second-order valence-electron chi connectivity index (χ2n) is 8.90. The molecule has 1 unspecified atom stereocenters. The number of aryl methyl sites for hydroxylation is 2. The van der Waals surface area contributed by atoms with Crippen LogP contribution in [0, 0.1) is 12.7 Å². The van der Waals surface area contributed by atoms with E-state index in [1.807, 2.05) is 38.1 Å². The molecule has 4 nitrogen and oxygen atoms in total. The van der Waals surface area contributed by atoms with Crippen LogP contribution in [-0.4, -0.2) is 28.8 Å². The number of benzene rings is 2. The summed E-state index contributed by atoms with van der Waals surface area (Å²) in [5, 5.41) is 3.19. The Balaban J connectivity index is 1.73. The molecule has 1 aliphatic rings. The minimum atomic E-state index is -0.535. The van der Waals surface area contributed by atoms with E-state index in [4.69, 9.17) is 0 Å². The summed E-state index contributed by atoms with van der Waals surface area (Å²) < 4.78 is 13.4. The van der Waals surface area contributed by atoms with E-state index in [0.717, 1.165) is 36.8 Å². The normalized spacial score (nSPS) is 15.2. The molecular weight excluding hydrogens is 403 g/mol. The third-order valence-electron chi connectivity index (χ3n) is 6.35. The van der Waals surface area contributed by atoms with Gasteiger partial charge in [0.2, 0.25) is 11.8 Å². The third kappa shape index (κ3) is 6.91. The van der Waals surface area contributed by atoms with Gasteiger partial charge in [-0.2, -0.15) is 0 Å². The van der Waals surface area contributed by atoms with Crippen molar-refractivity contribution >= 4 is 11.8 Å². The van der Waals surface area contributed by atoms with Crippen LogP contribution in [0.4, 0.5) is 4.39 Å². The summed E-state index contributed by atoms with van der Waals surface area (Å²) in [6.45, 7) is 4.27. The highest BCUT2D eigenvalue weighted by molar-refractivity contribution is 5.88. The van der Waals surface area contributed by atoms with Crippen LogP contribution in [0.15, 0.2) is 48.5 Å². The molecule has 0 bridgehead atoms. The van der Waals surface area contributed by atoms with E-state index in [0.29, 0.717) is 25.8 Å². The maximum absolute atomic E-state index is 13.4. The van der Waals surface area contributed by atoms with Gasteiger partial charge in [0, 0.05) is 19.0 Å². The van der Waals surface area contributed by atoms with E-state index in [-0.39, 0.29) is 23.7 Å². The highest BCUT2D eigenvalue weighted by Crippen LogP contribution is 2.20. The van der Waals surface area contributed by atoms with Crippen molar-refractivity contribution < 1.29 is 14.0 Å². The lowest BCUT2D eigenvalue weighted by molar-refractivity contribution is -0.141. The first-order valence-corrected chi connectivity index (χ1v) is 11.9. The van der Waals surface area contributed by atoms with Crippen LogP contribution in [-0.2, 0) is 22.6 Å². The molecular formula is C27H35FN2O2. The number of nitrogens with zero attached hydrogens (tertiary/aromatic N) is 1. The number of rotatable bonds is 9. The van der Waals surface area contributed by atoms with Gasteiger partial charge in [-0.25, -0.2) is 4.39 Å². The predicted octanol–water partition coefficient (Wildman–Crippen LogP) is 5.32. The summed E-state index contributed by atoms with van der Waals surface area (Å²) in [5.74, 6) is -0.446. The minimum absolute atomic E-state index is 0.0551. The van der Waals surface area contributed by atoms with Gasteiger partial charge in [0.25, 0.3) is 0 Å². The fraction of sp³-hybridized carbons (Fsp3) is 0.481. The molecule has 0 heterocycles. The van der Waals surface area contributed by atoms with Gasteiger partial charge in [0.1, 0.15) is 11.9 Å². The zero-order valence-electron chi connectivity index (χ0n) is 19.3. The summed E-state index contributed by atoms with van der Waals surface area (Å²) >= 11 is 0. The van der Waals surface area contributed by atoms with Crippen molar-refractivity contribution in [1.82, 2.24) is 10.2 Å². The van der Waals surface area contributed by atoms with Crippen molar-refractivity contribution in [2.75, 3.05) is 0 Å². The zero-order valence-corrected chi connectivity index (χ0v) is 19.3. The maximum atomic E-state index is 13.4. The van der Waals surface area contributed by atoms with E-state index in [1.165, 1.54) is 24.1 Å². The smallest absolute Gasteiger partial charge is 0.243 e. The van der Waals surface area contributed by atoms with Crippen LogP contribution in [0.25, 0.3) is 0 Å². The molecule has 3 rings (SSSR count). The Morgan fingerprint density at radius 1 is 1.00 bits per heavy atom. The summed E-state index contributed by atoms with van der Waals surface area (Å²) in [5.41, 5.74) is 3.10. The van der Waals surface area contributed by atoms with Crippen molar-refractivity contribution in [2.45, 2.75) is 83.8 Å². The number of hydrogen-bond acceptors (Lipinski definition) is 2. The Morgan fingerprint density at radius 2 is 1.62 bits per heavy atom. The average Bonchev–Trinajstić information content (AvgIpc) is 2.80. The summed E-state index contributed by atoms with van der Waals surface area (Å²) in [4.78, 5) is 28.2. The van der Waals surface area contributed by atoms with Gasteiger partial charge in [0.05, 0.1) is 0 Å². The second kappa shape index (κ2) is 11.8. The number of carbonyl (C=O) groups is 2. The van der Waals surface area contributed by atoms with E-state index in [1.54, 1.807) is 17.0 Å². The van der Waals surface area contributed by atoms with Gasteiger partial charge < -0.3 is 10.2 Å². The predicted molar refractivity (Wildman–Crippen MR) is 126 cm³/mol. The highest BCUT2D eigenvalue weighted by Gasteiger charge is 2.30. The third-order valence-corrected chi connectivity index (χ3v) is 6.35. The molecule has 1 saturated carbocycles. The molecule has 0 aliphatic heterocycles. The van der Waals surface area contributed by atoms with Crippen LogP contribution < -0.4 is 5.32 Å². The lowest BCUT2D eigenvalue weighted by atomic mass is 9.95. The minimum Gasteiger partial charge on any atom is -0.352 e. The Bertz CT molecular complexity index is 874. The molecule has 0 saturated heterocycles. The second-order valence-corrected chi connectivity index (χ2v) is 8.90. The zero-order chi connectivity index (χ0) is 22.9. The fourth-order valence-corrected chi connectivity index (χ4v) is 4.40. The molecule has 2 amide bonds. The number of hydrogen-bond donors (Lipinski definition) is 1. The fourth-order valence-electron chi connectivity index (χ4n) is 4.40. The first kappa shape index (κ1) is 24.0. The maximum Gasteiger partial charge on any atom is 0.243 e. The topological polar surface area (TPSA) is 49.4 Å². The van der Waals surface area contributed by atoms with Gasteiger partial charge in [0.15, 0.2) is 0 Å². The molecule has 5 heteroatoms. The van der Waals surface area contributed by atoms with Gasteiger partial charge >= 0.3 is 0 Å². The Kier molecular flexibility index (Phi) is 8.83. The monoisotopic (exact) mass is 438 g/mol. The van der Waals surface area contributed by atoms with Crippen molar-refractivity contribution in [1.29, 1.82) is 0 Å². The van der Waals surface area contributed by atoms with E-state index in [2.05, 4.69) is 5.32 Å². The summed E-state index contributed by atoms with van der Waals surface area (Å²) in [7, 11) is 0. The molecule has 1 fully saturated rings. The number of nitrogens with one attached hydrogen (secondary N) is 1. The van der Waals surface area contributed by atoms with Gasteiger partial charge in [-0.1, -0.05) is 68.1 Å². The molecule has 2 aromatic rings. The number of halogens is 1. The van der Waals surface area contributed by atoms with Gasteiger partial charge in [-0.3, -0.25) is 9.59 Å². The van der Waals surface area contributed by atoms with Crippen LogP contribution in [0.3, 0.4) is 0 Å². The van der Waals surface area contributed by atoms with Crippen molar-refractivity contribution in [3.8, 4) is 0 Å². The molecule has 32 heavy (non-hydrogen) atoms. The Morgan fingerprint density at radius 3 is 2.25 bits per heavy atom. The largest absolute Gasteiger partial charge is 0.352 e. The standard InChI is InChI=1S/C27H35FN2O2/c1-3-25(27(32)29-24-7-5-4-6-8-24)30(19-22-13-16-23(28)17-14-22)26(31)18-15-21-11-9-20(2)10-12-21/h9-14,16-17,24-25H,3-8,15,18-19H2,1-2H3,(H,29,32). The molecule has 1 aliphatic carbocycles. The molecule has 1 N–H and O–H groups in total. The molecule has 0 radical (unpaired) electrons. The Labute approximate surface area is 191 Å². The molecule has 172 valence electrons. The first-order valence-electron chi connectivity index (χ1n) is 11.9. The number of amides is 2. The van der Waals surface area contributed by atoms with E-state index < -0.39 is 6.04 Å². The van der Waals surface area contributed by atoms with Gasteiger partial charge in [-0.15, -0.1) is 0 Å². The SMILES string of the molecule is CCC(C(=O)NC1CCCCC1)N(Cc1ccc(F)cc1)C(=O)CCc1ccc(C)cc1. The van der Waals surface area contributed by atoms with Crippen molar-refractivity contribution in [2.24, 2.45) is 0 Å². The Hall–Kier alpha value is -2.69. The molecule has 1 atom stereocenters. The lowest BCUT2D eigenvalue weighted by Crippen LogP contribution is -2.51. The van der Waals surface area contributed by atoms with Crippen LogP contribution in [0.2, 0.25) is 0 Å². The lowest BCUT2D eigenvalue weighted by Gasteiger charge is -2.33. The molecule has 0 aromatic heterocycles. The van der Waals surface area contributed by atoms with E-state index >= 15 is 0 Å². The number of carbonyl (C=O) groups excluding carboxylic acids is 2. The molecule has 2 aromatic carbocycles. The average molecular weight is 439 g/mol. The summed E-state index contributed by atoms with van der Waals surface area (Å²) in [6, 6.07) is 14.0. The highest BCUT2D eigenvalue weighted by atomic mass is 19.1. The quantitative estimate of drug-likeness (QED) is 0.576. The van der Waals surface area contributed by atoms with Crippen LogP contribution in [0.1, 0.15) is 68.6 Å². The first-order chi connectivity index (χ1) is 15.5. The molecule has 0 spiro atoms. The van der Waals surface area contributed by atoms with E-state index in [9.17, 15) is 14.0 Å². The van der Waals surface area contributed by atoms with Crippen molar-refractivity contribution in [3.63, 3.8) is 0 Å². The van der Waals surface area contributed by atoms with Crippen LogP contribution in [0.5, 0.6) is 0 Å².